The zero-order valence-electron chi connectivity index (χ0n) is 11.2. The lowest BCUT2D eigenvalue weighted by atomic mass is 10.3. The Hall–Kier alpha value is -2.57. The molecule has 0 aliphatic rings. The van der Waals surface area contributed by atoms with Crippen molar-refractivity contribution in [2.45, 2.75) is 26.4 Å². The maximum atomic E-state index is 11.9. The number of carboxylic acids is 1. The number of aryl methyl sites for hydroxylation is 1. The average Bonchev–Trinajstić information content (AvgIpc) is 2.97. The van der Waals surface area contributed by atoms with Gasteiger partial charge in [0.05, 0.1) is 6.20 Å². The molecule has 2 heterocycles. The van der Waals surface area contributed by atoms with Crippen molar-refractivity contribution < 1.29 is 19.1 Å². The highest BCUT2D eigenvalue weighted by Gasteiger charge is 2.16. The summed E-state index contributed by atoms with van der Waals surface area (Å²) in [5, 5.41) is 11.7. The third kappa shape index (κ3) is 3.05. The molecule has 1 amide bonds. The fourth-order valence-corrected chi connectivity index (χ4v) is 1.82. The Morgan fingerprint density at radius 1 is 1.55 bits per heavy atom. The molecule has 0 fully saturated rings. The van der Waals surface area contributed by atoms with Crippen LogP contribution in [0.2, 0.25) is 0 Å². The van der Waals surface area contributed by atoms with E-state index in [4.69, 9.17) is 9.52 Å². The molecule has 20 heavy (non-hydrogen) atoms. The molecule has 0 bridgehead atoms. The molecule has 0 spiro atoms. The van der Waals surface area contributed by atoms with Gasteiger partial charge in [-0.25, -0.2) is 9.78 Å². The number of aromatic carboxylic acids is 1. The number of amides is 1. The first kappa shape index (κ1) is 13.9. The number of carboxylic acid groups (broad SMARTS) is 1. The number of oxazole rings is 1. The minimum atomic E-state index is -1.07. The van der Waals surface area contributed by atoms with Crippen LogP contribution in [0.15, 0.2) is 28.9 Å². The Morgan fingerprint density at radius 2 is 2.30 bits per heavy atom. The van der Waals surface area contributed by atoms with Crippen molar-refractivity contribution in [3.63, 3.8) is 0 Å². The van der Waals surface area contributed by atoms with Gasteiger partial charge in [-0.1, -0.05) is 0 Å². The third-order valence-electron chi connectivity index (χ3n) is 2.75. The summed E-state index contributed by atoms with van der Waals surface area (Å²) < 4.78 is 6.68. The summed E-state index contributed by atoms with van der Waals surface area (Å²) >= 11 is 0. The Labute approximate surface area is 115 Å². The number of carbonyl (C=O) groups excluding carboxylic acids is 1. The molecule has 0 saturated heterocycles. The van der Waals surface area contributed by atoms with Gasteiger partial charge >= 0.3 is 5.97 Å². The van der Waals surface area contributed by atoms with Crippen molar-refractivity contribution in [3.05, 3.63) is 41.9 Å². The number of rotatable bonds is 5. The van der Waals surface area contributed by atoms with E-state index in [1.165, 1.54) is 10.6 Å². The first-order valence-corrected chi connectivity index (χ1v) is 6.07. The van der Waals surface area contributed by atoms with E-state index in [0.29, 0.717) is 11.7 Å². The molecule has 7 nitrogen and oxygen atoms in total. The Kier molecular flexibility index (Phi) is 3.88. The monoisotopic (exact) mass is 277 g/mol. The van der Waals surface area contributed by atoms with Gasteiger partial charge in [0.15, 0.2) is 0 Å². The maximum absolute atomic E-state index is 11.9. The molecule has 0 saturated carbocycles. The topological polar surface area (TPSA) is 97.4 Å². The lowest BCUT2D eigenvalue weighted by molar-refractivity contribution is -0.122. The second kappa shape index (κ2) is 5.60. The fraction of sp³-hybridized carbons (Fsp3) is 0.308. The number of nitrogens with one attached hydrogen (secondary N) is 1. The highest BCUT2D eigenvalue weighted by molar-refractivity contribution is 5.86. The first-order chi connectivity index (χ1) is 9.47. The van der Waals surface area contributed by atoms with Gasteiger partial charge in [0, 0.05) is 6.20 Å². The number of aromatic nitrogens is 2. The maximum Gasteiger partial charge on any atom is 0.352 e. The predicted octanol–water partition coefficient (Wildman–Crippen LogP) is 1.36. The van der Waals surface area contributed by atoms with Gasteiger partial charge < -0.3 is 19.4 Å². The standard InChI is InChI=1S/C13H15N3O4/c1-8-6-14-12(20-8)9(2)15-11(17)7-16-5-3-4-10(16)13(18)19/h3-6,9H,7H2,1-2H3,(H,15,17)(H,18,19). The zero-order chi connectivity index (χ0) is 14.7. The lowest BCUT2D eigenvalue weighted by Crippen LogP contribution is -2.30. The molecular weight excluding hydrogens is 262 g/mol. The Bertz CT molecular complexity index is 629. The molecular formula is C13H15N3O4. The average molecular weight is 277 g/mol. The van der Waals surface area contributed by atoms with E-state index in [9.17, 15) is 9.59 Å². The molecule has 0 aromatic carbocycles. The van der Waals surface area contributed by atoms with Gasteiger partial charge in [0.1, 0.15) is 24.0 Å². The summed E-state index contributed by atoms with van der Waals surface area (Å²) in [7, 11) is 0. The smallest absolute Gasteiger partial charge is 0.352 e. The molecule has 2 aromatic heterocycles. The van der Waals surface area contributed by atoms with Crippen LogP contribution in [-0.4, -0.2) is 26.5 Å². The van der Waals surface area contributed by atoms with E-state index in [1.807, 2.05) is 0 Å². The Balaban J connectivity index is 1.99. The molecule has 1 atom stereocenters. The van der Waals surface area contributed by atoms with Gasteiger partial charge in [0.25, 0.3) is 0 Å². The molecule has 0 radical (unpaired) electrons. The van der Waals surface area contributed by atoms with Gasteiger partial charge in [-0.3, -0.25) is 4.79 Å². The third-order valence-corrected chi connectivity index (χ3v) is 2.75. The number of nitrogens with zero attached hydrogens (tertiary/aromatic N) is 2. The van der Waals surface area contributed by atoms with Gasteiger partial charge in [-0.2, -0.15) is 0 Å². The molecule has 2 aromatic rings. The molecule has 0 aliphatic heterocycles. The Morgan fingerprint density at radius 3 is 2.90 bits per heavy atom. The van der Waals surface area contributed by atoms with Crippen LogP contribution >= 0.6 is 0 Å². The van der Waals surface area contributed by atoms with E-state index in [-0.39, 0.29) is 24.2 Å². The summed E-state index contributed by atoms with van der Waals surface area (Å²) in [5.74, 6) is -0.298. The van der Waals surface area contributed by atoms with Gasteiger partial charge in [0.2, 0.25) is 11.8 Å². The summed E-state index contributed by atoms with van der Waals surface area (Å²) in [6.07, 6.45) is 3.12. The van der Waals surface area contributed by atoms with E-state index in [0.717, 1.165) is 0 Å². The van der Waals surface area contributed by atoms with E-state index in [1.54, 1.807) is 32.3 Å². The van der Waals surface area contributed by atoms with Crippen molar-refractivity contribution in [1.82, 2.24) is 14.9 Å². The van der Waals surface area contributed by atoms with Crippen LogP contribution in [0.25, 0.3) is 0 Å². The van der Waals surface area contributed by atoms with Crippen LogP contribution in [0.4, 0.5) is 0 Å². The van der Waals surface area contributed by atoms with Crippen LogP contribution in [0, 0.1) is 6.92 Å². The van der Waals surface area contributed by atoms with Crippen LogP contribution in [0.5, 0.6) is 0 Å². The second-order valence-corrected chi connectivity index (χ2v) is 4.42. The van der Waals surface area contributed by atoms with Crippen LogP contribution in [0.1, 0.15) is 35.1 Å². The number of hydrogen-bond acceptors (Lipinski definition) is 4. The normalized spacial score (nSPS) is 12.1. The molecule has 106 valence electrons. The fourth-order valence-electron chi connectivity index (χ4n) is 1.82. The lowest BCUT2D eigenvalue weighted by Gasteiger charge is -2.11. The minimum absolute atomic E-state index is 0.0692. The van der Waals surface area contributed by atoms with Crippen molar-refractivity contribution in [2.75, 3.05) is 0 Å². The van der Waals surface area contributed by atoms with Gasteiger partial charge in [-0.15, -0.1) is 0 Å². The van der Waals surface area contributed by atoms with Crippen LogP contribution in [0.3, 0.4) is 0 Å². The van der Waals surface area contributed by atoms with Crippen molar-refractivity contribution >= 4 is 11.9 Å². The minimum Gasteiger partial charge on any atom is -0.477 e. The van der Waals surface area contributed by atoms with Gasteiger partial charge in [-0.05, 0) is 26.0 Å². The van der Waals surface area contributed by atoms with E-state index in [2.05, 4.69) is 10.3 Å². The number of carbonyl (C=O) groups is 2. The van der Waals surface area contributed by atoms with Crippen molar-refractivity contribution in [1.29, 1.82) is 0 Å². The summed E-state index contributed by atoms with van der Waals surface area (Å²) in [6.45, 7) is 3.44. The summed E-state index contributed by atoms with van der Waals surface area (Å²) in [5.41, 5.74) is 0.0692. The predicted molar refractivity (Wildman–Crippen MR) is 69.2 cm³/mol. The molecule has 0 aliphatic carbocycles. The van der Waals surface area contributed by atoms with E-state index >= 15 is 0 Å². The molecule has 7 heteroatoms. The first-order valence-electron chi connectivity index (χ1n) is 6.07. The quantitative estimate of drug-likeness (QED) is 0.860. The van der Waals surface area contributed by atoms with Crippen molar-refractivity contribution in [3.8, 4) is 0 Å². The van der Waals surface area contributed by atoms with Crippen LogP contribution < -0.4 is 5.32 Å². The van der Waals surface area contributed by atoms with Crippen molar-refractivity contribution in [2.24, 2.45) is 0 Å². The molecule has 2 rings (SSSR count). The second-order valence-electron chi connectivity index (χ2n) is 4.42. The highest BCUT2D eigenvalue weighted by atomic mass is 16.4. The summed E-state index contributed by atoms with van der Waals surface area (Å²) in [4.78, 5) is 26.8. The number of hydrogen-bond donors (Lipinski definition) is 2. The molecule has 2 N–H and O–H groups in total. The largest absolute Gasteiger partial charge is 0.477 e. The SMILES string of the molecule is Cc1cnc(C(C)NC(=O)Cn2cccc2C(=O)O)o1. The zero-order valence-corrected chi connectivity index (χ0v) is 11.2. The highest BCUT2D eigenvalue weighted by Crippen LogP contribution is 2.12. The van der Waals surface area contributed by atoms with Crippen LogP contribution in [-0.2, 0) is 11.3 Å². The van der Waals surface area contributed by atoms with E-state index < -0.39 is 5.97 Å². The summed E-state index contributed by atoms with van der Waals surface area (Å²) in [6, 6.07) is 2.65. The molecule has 1 unspecified atom stereocenters.